The molecule has 1 amide bonds. The van der Waals surface area contributed by atoms with Crippen molar-refractivity contribution in [1.82, 2.24) is 10.0 Å². The maximum absolute atomic E-state index is 11.0. The minimum absolute atomic E-state index is 0.0233. The van der Waals surface area contributed by atoms with Gasteiger partial charge in [0.1, 0.15) is 0 Å². The second kappa shape index (κ2) is 5.94. The van der Waals surface area contributed by atoms with Crippen LogP contribution in [0.1, 0.15) is 13.8 Å². The summed E-state index contributed by atoms with van der Waals surface area (Å²) in [6.07, 6.45) is 0. The molecule has 0 saturated heterocycles. The average molecular weight is 224 g/mol. The molecule has 6 nitrogen and oxygen atoms in total. The number of aliphatic hydroxyl groups is 1. The molecular weight excluding hydrogens is 208 g/mol. The first-order valence-electron chi connectivity index (χ1n) is 4.25. The molecule has 7 heteroatoms. The van der Waals surface area contributed by atoms with E-state index in [0.717, 1.165) is 0 Å². The number of amides is 1. The smallest absolute Gasteiger partial charge is 0.235 e. The molecule has 0 aromatic carbocycles. The van der Waals surface area contributed by atoms with Gasteiger partial charge >= 0.3 is 0 Å². The number of carbonyl (C=O) groups excluding carboxylic acids is 1. The van der Waals surface area contributed by atoms with Crippen LogP contribution in [0.25, 0.3) is 0 Å². The van der Waals surface area contributed by atoms with Gasteiger partial charge in [-0.3, -0.25) is 4.79 Å². The van der Waals surface area contributed by atoms with Crippen LogP contribution in [0.2, 0.25) is 0 Å². The Bertz CT molecular complexity index is 273. The van der Waals surface area contributed by atoms with Crippen molar-refractivity contribution in [3.05, 3.63) is 0 Å². The summed E-state index contributed by atoms with van der Waals surface area (Å²) < 4.78 is 24.0. The van der Waals surface area contributed by atoms with Crippen LogP contribution in [0.4, 0.5) is 0 Å². The normalized spacial score (nSPS) is 11.7. The van der Waals surface area contributed by atoms with Crippen molar-refractivity contribution in [2.24, 2.45) is 0 Å². The third-order valence-corrected chi connectivity index (χ3v) is 2.57. The topological polar surface area (TPSA) is 95.5 Å². The molecule has 0 aliphatic rings. The molecule has 0 aromatic heterocycles. The van der Waals surface area contributed by atoms with E-state index in [2.05, 4.69) is 10.0 Å². The number of nitrogens with one attached hydrogen (secondary N) is 2. The zero-order chi connectivity index (χ0) is 11.2. The van der Waals surface area contributed by atoms with E-state index in [1.165, 1.54) is 0 Å². The maximum atomic E-state index is 11.0. The largest absolute Gasteiger partial charge is 0.395 e. The van der Waals surface area contributed by atoms with Gasteiger partial charge in [0.05, 0.1) is 18.9 Å². The van der Waals surface area contributed by atoms with Gasteiger partial charge in [-0.2, -0.15) is 0 Å². The van der Waals surface area contributed by atoms with Crippen molar-refractivity contribution in [2.45, 2.75) is 19.9 Å². The molecular formula is C7H16N2O4S. The highest BCUT2D eigenvalue weighted by molar-refractivity contribution is 7.89. The van der Waals surface area contributed by atoms with Gasteiger partial charge < -0.3 is 10.4 Å². The quantitative estimate of drug-likeness (QED) is 0.507. The molecule has 0 saturated carbocycles. The van der Waals surface area contributed by atoms with Crippen molar-refractivity contribution >= 4 is 15.9 Å². The lowest BCUT2D eigenvalue weighted by Gasteiger charge is -2.08. The maximum Gasteiger partial charge on any atom is 0.235 e. The highest BCUT2D eigenvalue weighted by Crippen LogP contribution is 1.82. The summed E-state index contributed by atoms with van der Waals surface area (Å²) >= 11 is 0. The third kappa shape index (κ3) is 6.81. The summed E-state index contributed by atoms with van der Waals surface area (Å²) in [6, 6.07) is -0.0233. The van der Waals surface area contributed by atoms with Crippen molar-refractivity contribution in [2.75, 3.05) is 18.9 Å². The van der Waals surface area contributed by atoms with Gasteiger partial charge in [0.15, 0.2) is 0 Å². The van der Waals surface area contributed by atoms with Crippen LogP contribution < -0.4 is 10.0 Å². The molecule has 0 radical (unpaired) electrons. The molecule has 84 valence electrons. The van der Waals surface area contributed by atoms with E-state index in [1.807, 2.05) is 0 Å². The van der Waals surface area contributed by atoms with Crippen LogP contribution in [-0.2, 0) is 14.8 Å². The van der Waals surface area contributed by atoms with Gasteiger partial charge in [0.25, 0.3) is 0 Å². The lowest BCUT2D eigenvalue weighted by molar-refractivity contribution is -0.120. The third-order valence-electron chi connectivity index (χ3n) is 1.26. The van der Waals surface area contributed by atoms with Gasteiger partial charge in [0.2, 0.25) is 15.9 Å². The highest BCUT2D eigenvalue weighted by atomic mass is 32.2. The van der Waals surface area contributed by atoms with Gasteiger partial charge in [-0.1, -0.05) is 0 Å². The number of sulfonamides is 1. The Kier molecular flexibility index (Phi) is 5.66. The zero-order valence-corrected chi connectivity index (χ0v) is 9.10. The van der Waals surface area contributed by atoms with E-state index < -0.39 is 16.6 Å². The molecule has 0 aliphatic carbocycles. The molecule has 14 heavy (non-hydrogen) atoms. The van der Waals surface area contributed by atoms with Crippen molar-refractivity contribution in [3.63, 3.8) is 0 Å². The molecule has 0 heterocycles. The Labute approximate surface area is 83.7 Å². The summed E-state index contributed by atoms with van der Waals surface area (Å²) in [5.41, 5.74) is 0. The summed E-state index contributed by atoms with van der Waals surface area (Å²) in [7, 11) is -3.52. The fourth-order valence-electron chi connectivity index (χ4n) is 0.741. The molecule has 0 fully saturated rings. The predicted molar refractivity (Wildman–Crippen MR) is 52.2 cm³/mol. The average Bonchev–Trinajstić information content (AvgIpc) is 2.00. The Morgan fingerprint density at radius 3 is 2.43 bits per heavy atom. The zero-order valence-electron chi connectivity index (χ0n) is 8.28. The van der Waals surface area contributed by atoms with Gasteiger partial charge in [-0.05, 0) is 13.8 Å². The van der Waals surface area contributed by atoms with Crippen LogP contribution in [0.15, 0.2) is 0 Å². The summed E-state index contributed by atoms with van der Waals surface area (Å²) in [4.78, 5) is 11.0. The van der Waals surface area contributed by atoms with E-state index in [9.17, 15) is 13.2 Å². The lowest BCUT2D eigenvalue weighted by atomic mass is 10.4. The number of hydrogen-bond donors (Lipinski definition) is 3. The van der Waals surface area contributed by atoms with Gasteiger partial charge in [-0.25, -0.2) is 13.1 Å². The molecule has 0 bridgehead atoms. The van der Waals surface area contributed by atoms with E-state index >= 15 is 0 Å². The van der Waals surface area contributed by atoms with Gasteiger partial charge in [-0.15, -0.1) is 0 Å². The van der Waals surface area contributed by atoms with Crippen LogP contribution in [0, 0.1) is 0 Å². The highest BCUT2D eigenvalue weighted by Gasteiger charge is 2.11. The molecule has 0 rings (SSSR count). The first-order valence-corrected chi connectivity index (χ1v) is 5.90. The first kappa shape index (κ1) is 13.3. The SMILES string of the molecule is CC(C)NC(=O)CNS(=O)(=O)CCO. The van der Waals surface area contributed by atoms with Crippen molar-refractivity contribution < 1.29 is 18.3 Å². The fourth-order valence-corrected chi connectivity index (χ4v) is 1.48. The molecule has 0 aromatic rings. The fraction of sp³-hybridized carbons (Fsp3) is 0.857. The first-order chi connectivity index (χ1) is 6.37. The summed E-state index contributed by atoms with van der Waals surface area (Å²) in [5, 5.41) is 10.9. The van der Waals surface area contributed by atoms with Crippen LogP contribution >= 0.6 is 0 Å². The number of rotatable bonds is 6. The van der Waals surface area contributed by atoms with E-state index in [4.69, 9.17) is 5.11 Å². The Morgan fingerprint density at radius 2 is 2.00 bits per heavy atom. The van der Waals surface area contributed by atoms with E-state index in [0.29, 0.717) is 0 Å². The predicted octanol–water partition coefficient (Wildman–Crippen LogP) is -1.58. The van der Waals surface area contributed by atoms with Crippen LogP contribution in [0.3, 0.4) is 0 Å². The lowest BCUT2D eigenvalue weighted by Crippen LogP contribution is -2.40. The molecule has 0 aliphatic heterocycles. The minimum Gasteiger partial charge on any atom is -0.395 e. The van der Waals surface area contributed by atoms with E-state index in [1.54, 1.807) is 13.8 Å². The monoisotopic (exact) mass is 224 g/mol. The molecule has 0 unspecified atom stereocenters. The van der Waals surface area contributed by atoms with Crippen LogP contribution in [0.5, 0.6) is 0 Å². The van der Waals surface area contributed by atoms with Crippen molar-refractivity contribution in [3.8, 4) is 0 Å². The summed E-state index contributed by atoms with van der Waals surface area (Å²) in [5.74, 6) is -0.774. The van der Waals surface area contributed by atoms with Gasteiger partial charge in [0, 0.05) is 6.04 Å². The summed E-state index contributed by atoms with van der Waals surface area (Å²) in [6.45, 7) is 2.81. The number of hydrogen-bond acceptors (Lipinski definition) is 4. The standard InChI is InChI=1S/C7H16N2O4S/c1-6(2)9-7(11)5-8-14(12,13)4-3-10/h6,8,10H,3-5H2,1-2H3,(H,9,11). The second-order valence-electron chi connectivity index (χ2n) is 3.09. The minimum atomic E-state index is -3.52. The molecule has 0 atom stereocenters. The number of carbonyl (C=O) groups is 1. The van der Waals surface area contributed by atoms with E-state index in [-0.39, 0.29) is 24.2 Å². The molecule has 0 spiro atoms. The molecule has 3 N–H and O–H groups in total. The second-order valence-corrected chi connectivity index (χ2v) is 5.01. The van der Waals surface area contributed by atoms with Crippen LogP contribution in [-0.4, -0.2) is 44.4 Å². The van der Waals surface area contributed by atoms with Crippen molar-refractivity contribution in [1.29, 1.82) is 0 Å². The Morgan fingerprint density at radius 1 is 1.43 bits per heavy atom. The Balaban J connectivity index is 3.88. The number of aliphatic hydroxyl groups excluding tert-OH is 1. The Hall–Kier alpha value is -0.660.